The lowest BCUT2D eigenvalue weighted by atomic mass is 10.2. The molecule has 1 aromatic carbocycles. The van der Waals surface area contributed by atoms with Gasteiger partial charge in [-0.1, -0.05) is 42.1 Å². The van der Waals surface area contributed by atoms with Crippen LogP contribution in [0, 0.1) is 0 Å². The molecule has 3 rings (SSSR count). The van der Waals surface area contributed by atoms with Gasteiger partial charge in [-0.3, -0.25) is 4.79 Å². The van der Waals surface area contributed by atoms with Crippen molar-refractivity contribution in [3.63, 3.8) is 0 Å². The fourth-order valence-corrected chi connectivity index (χ4v) is 3.37. The molecule has 0 spiro atoms. The smallest absolute Gasteiger partial charge is 0.313 e. The summed E-state index contributed by atoms with van der Waals surface area (Å²) < 4.78 is 1.78. The van der Waals surface area contributed by atoms with E-state index < -0.39 is 5.97 Å². The number of aromatic nitrogens is 4. The molecule has 0 radical (unpaired) electrons. The number of carboxylic acids is 1. The molecule has 124 valence electrons. The maximum atomic E-state index is 10.6. The van der Waals surface area contributed by atoms with Crippen LogP contribution in [-0.2, 0) is 18.4 Å². The standard InChI is InChI=1S/C15H15N5O2S2/c1-20-12(18-19-15(20)24-9-13(21)22)7-16-14-17-11(8-23-14)10-5-3-2-4-6-10/h2-6,8H,7,9H2,1H3,(H,16,17)(H,21,22). The fourth-order valence-electron chi connectivity index (χ4n) is 2.00. The lowest BCUT2D eigenvalue weighted by Gasteiger charge is -2.03. The SMILES string of the molecule is Cn1c(CNc2nc(-c3ccccc3)cs2)nnc1SCC(=O)O. The number of hydrogen-bond donors (Lipinski definition) is 2. The Morgan fingerprint density at radius 1 is 1.33 bits per heavy atom. The number of nitrogens with one attached hydrogen (secondary N) is 1. The Morgan fingerprint density at radius 3 is 2.88 bits per heavy atom. The first-order valence-electron chi connectivity index (χ1n) is 7.11. The molecule has 0 bridgehead atoms. The maximum absolute atomic E-state index is 10.6. The highest BCUT2D eigenvalue weighted by molar-refractivity contribution is 7.99. The van der Waals surface area contributed by atoms with E-state index in [1.807, 2.05) is 42.8 Å². The van der Waals surface area contributed by atoms with E-state index in [1.165, 1.54) is 11.3 Å². The van der Waals surface area contributed by atoms with Gasteiger partial charge < -0.3 is 15.0 Å². The van der Waals surface area contributed by atoms with E-state index in [9.17, 15) is 4.79 Å². The predicted octanol–water partition coefficient (Wildman–Crippen LogP) is 2.73. The number of rotatable bonds is 7. The van der Waals surface area contributed by atoms with E-state index in [4.69, 9.17) is 5.11 Å². The minimum absolute atomic E-state index is 0.0354. The zero-order valence-electron chi connectivity index (χ0n) is 12.8. The van der Waals surface area contributed by atoms with Gasteiger partial charge in [-0.05, 0) is 0 Å². The summed E-state index contributed by atoms with van der Waals surface area (Å²) in [5.74, 6) is -0.190. The first-order chi connectivity index (χ1) is 11.6. The molecule has 0 amide bonds. The van der Waals surface area contributed by atoms with E-state index >= 15 is 0 Å². The second kappa shape index (κ2) is 7.45. The van der Waals surface area contributed by atoms with Crippen LogP contribution in [0.15, 0.2) is 40.9 Å². The monoisotopic (exact) mass is 361 g/mol. The Morgan fingerprint density at radius 2 is 2.12 bits per heavy atom. The fraction of sp³-hybridized carbons (Fsp3) is 0.200. The molecule has 0 aliphatic rings. The third kappa shape index (κ3) is 3.92. The Hall–Kier alpha value is -2.39. The van der Waals surface area contributed by atoms with Crippen LogP contribution in [0.4, 0.5) is 5.13 Å². The molecule has 0 aliphatic heterocycles. The van der Waals surface area contributed by atoms with E-state index in [2.05, 4.69) is 20.5 Å². The molecule has 0 aliphatic carbocycles. The van der Waals surface area contributed by atoms with Crippen molar-refractivity contribution in [3.05, 3.63) is 41.5 Å². The predicted molar refractivity (Wildman–Crippen MR) is 94.2 cm³/mol. The molecule has 0 saturated heterocycles. The van der Waals surface area contributed by atoms with Crippen molar-refractivity contribution < 1.29 is 9.90 Å². The Balaban J connectivity index is 1.62. The summed E-state index contributed by atoms with van der Waals surface area (Å²) in [5.41, 5.74) is 2.01. The van der Waals surface area contributed by atoms with E-state index in [0.717, 1.165) is 34.0 Å². The first kappa shape index (κ1) is 16.5. The van der Waals surface area contributed by atoms with E-state index in [-0.39, 0.29) is 5.75 Å². The van der Waals surface area contributed by atoms with Gasteiger partial charge in [-0.25, -0.2) is 4.98 Å². The molecule has 2 N–H and O–H groups in total. The molecular formula is C15H15N5O2S2. The van der Waals surface area contributed by atoms with Gasteiger partial charge in [0.2, 0.25) is 0 Å². The third-order valence-electron chi connectivity index (χ3n) is 3.22. The van der Waals surface area contributed by atoms with Gasteiger partial charge in [0.25, 0.3) is 0 Å². The summed E-state index contributed by atoms with van der Waals surface area (Å²) in [4.78, 5) is 15.2. The van der Waals surface area contributed by atoms with Crippen molar-refractivity contribution in [1.29, 1.82) is 0 Å². The zero-order chi connectivity index (χ0) is 16.9. The quantitative estimate of drug-likeness (QED) is 0.625. The molecule has 24 heavy (non-hydrogen) atoms. The van der Waals surface area contributed by atoms with Crippen molar-refractivity contribution in [2.24, 2.45) is 7.05 Å². The Kier molecular flexibility index (Phi) is 5.11. The van der Waals surface area contributed by atoms with Crippen molar-refractivity contribution in [3.8, 4) is 11.3 Å². The van der Waals surface area contributed by atoms with Crippen LogP contribution >= 0.6 is 23.1 Å². The largest absolute Gasteiger partial charge is 0.481 e. The van der Waals surface area contributed by atoms with E-state index in [0.29, 0.717) is 11.7 Å². The molecule has 0 fully saturated rings. The number of nitrogens with zero attached hydrogens (tertiary/aromatic N) is 4. The van der Waals surface area contributed by atoms with Crippen LogP contribution < -0.4 is 5.32 Å². The molecule has 0 unspecified atom stereocenters. The number of carbonyl (C=O) groups is 1. The van der Waals surface area contributed by atoms with Gasteiger partial charge in [0.1, 0.15) is 0 Å². The maximum Gasteiger partial charge on any atom is 0.313 e. The second-order valence-corrected chi connectivity index (χ2v) is 6.70. The number of thiazole rings is 1. The summed E-state index contributed by atoms with van der Waals surface area (Å²) in [6.07, 6.45) is 0. The normalized spacial score (nSPS) is 10.7. The van der Waals surface area contributed by atoms with Crippen molar-refractivity contribution in [2.45, 2.75) is 11.7 Å². The summed E-state index contributed by atoms with van der Waals surface area (Å²) in [6.45, 7) is 0.471. The highest BCUT2D eigenvalue weighted by Crippen LogP contribution is 2.25. The summed E-state index contributed by atoms with van der Waals surface area (Å²) in [7, 11) is 1.82. The van der Waals surface area contributed by atoms with Crippen LogP contribution in [0.1, 0.15) is 5.82 Å². The van der Waals surface area contributed by atoms with Gasteiger partial charge in [0.15, 0.2) is 16.1 Å². The lowest BCUT2D eigenvalue weighted by Crippen LogP contribution is -2.07. The molecule has 7 nitrogen and oxygen atoms in total. The molecule has 0 saturated carbocycles. The summed E-state index contributed by atoms with van der Waals surface area (Å²) >= 11 is 2.68. The van der Waals surface area contributed by atoms with Crippen molar-refractivity contribution >= 4 is 34.2 Å². The number of aliphatic carboxylic acids is 1. The number of thioether (sulfide) groups is 1. The molecule has 9 heteroatoms. The van der Waals surface area contributed by atoms with Gasteiger partial charge in [0, 0.05) is 18.0 Å². The van der Waals surface area contributed by atoms with Crippen LogP contribution in [0.5, 0.6) is 0 Å². The van der Waals surface area contributed by atoms with Crippen LogP contribution in [0.2, 0.25) is 0 Å². The Labute approximate surface area is 146 Å². The van der Waals surface area contributed by atoms with Crippen LogP contribution in [-0.4, -0.2) is 36.6 Å². The van der Waals surface area contributed by atoms with Gasteiger partial charge in [-0.2, -0.15) is 0 Å². The molecule has 0 atom stereocenters. The van der Waals surface area contributed by atoms with Gasteiger partial charge in [-0.15, -0.1) is 21.5 Å². The Bertz CT molecular complexity index is 832. The van der Waals surface area contributed by atoms with Gasteiger partial charge in [0.05, 0.1) is 18.0 Å². The average Bonchev–Trinajstić information content (AvgIpc) is 3.19. The van der Waals surface area contributed by atoms with Gasteiger partial charge >= 0.3 is 5.97 Å². The lowest BCUT2D eigenvalue weighted by molar-refractivity contribution is -0.133. The van der Waals surface area contributed by atoms with Crippen molar-refractivity contribution in [2.75, 3.05) is 11.1 Å². The molecule has 2 aromatic heterocycles. The highest BCUT2D eigenvalue weighted by atomic mass is 32.2. The molecule has 3 aromatic rings. The first-order valence-corrected chi connectivity index (χ1v) is 8.97. The minimum atomic E-state index is -0.876. The van der Waals surface area contributed by atoms with E-state index in [1.54, 1.807) is 4.57 Å². The average molecular weight is 361 g/mol. The van der Waals surface area contributed by atoms with Crippen LogP contribution in [0.25, 0.3) is 11.3 Å². The number of anilines is 1. The number of carboxylic acid groups (broad SMARTS) is 1. The minimum Gasteiger partial charge on any atom is -0.481 e. The molecular weight excluding hydrogens is 346 g/mol. The molecule has 2 heterocycles. The third-order valence-corrected chi connectivity index (χ3v) is 5.03. The topological polar surface area (TPSA) is 92.9 Å². The second-order valence-electron chi connectivity index (χ2n) is 4.90. The summed E-state index contributed by atoms with van der Waals surface area (Å²) in [6, 6.07) is 9.99. The van der Waals surface area contributed by atoms with Crippen molar-refractivity contribution in [1.82, 2.24) is 19.7 Å². The van der Waals surface area contributed by atoms with Crippen LogP contribution in [0.3, 0.4) is 0 Å². The summed E-state index contributed by atoms with van der Waals surface area (Å²) in [5, 5.41) is 23.4. The number of benzene rings is 1. The zero-order valence-corrected chi connectivity index (χ0v) is 14.5. The number of hydrogen-bond acceptors (Lipinski definition) is 7. The highest BCUT2D eigenvalue weighted by Gasteiger charge is 2.11.